The SMILES string of the molecule is CN=C(NCC(=O)NCCOC)NCC(c1ccco1)N1CCCCC1.I. The molecule has 1 aromatic heterocycles. The summed E-state index contributed by atoms with van der Waals surface area (Å²) < 4.78 is 10.6. The van der Waals surface area contributed by atoms with Crippen LogP contribution in [0.5, 0.6) is 0 Å². The average molecular weight is 493 g/mol. The molecule has 2 heterocycles. The Morgan fingerprint density at radius 3 is 2.70 bits per heavy atom. The number of rotatable bonds is 9. The molecular weight excluding hydrogens is 461 g/mol. The molecule has 8 nitrogen and oxygen atoms in total. The van der Waals surface area contributed by atoms with E-state index in [1.54, 1.807) is 20.4 Å². The zero-order chi connectivity index (χ0) is 18.6. The van der Waals surface area contributed by atoms with Crippen molar-refractivity contribution in [2.45, 2.75) is 25.3 Å². The van der Waals surface area contributed by atoms with E-state index in [2.05, 4.69) is 25.8 Å². The normalized spacial score (nSPS) is 16.3. The third-order valence-corrected chi connectivity index (χ3v) is 4.43. The molecule has 1 amide bonds. The lowest BCUT2D eigenvalue weighted by molar-refractivity contribution is -0.120. The quantitative estimate of drug-likeness (QED) is 0.208. The number of guanidine groups is 1. The van der Waals surface area contributed by atoms with Crippen LogP contribution >= 0.6 is 24.0 Å². The van der Waals surface area contributed by atoms with E-state index >= 15 is 0 Å². The van der Waals surface area contributed by atoms with E-state index in [4.69, 9.17) is 9.15 Å². The molecule has 0 aliphatic carbocycles. The molecule has 1 atom stereocenters. The maximum atomic E-state index is 11.8. The third-order valence-electron chi connectivity index (χ3n) is 4.43. The molecule has 1 saturated heterocycles. The van der Waals surface area contributed by atoms with Crippen molar-refractivity contribution in [1.29, 1.82) is 0 Å². The summed E-state index contributed by atoms with van der Waals surface area (Å²) in [6.45, 7) is 3.97. The Kier molecular flexibility index (Phi) is 12.1. The highest BCUT2D eigenvalue weighted by atomic mass is 127. The predicted molar refractivity (Wildman–Crippen MR) is 117 cm³/mol. The summed E-state index contributed by atoms with van der Waals surface area (Å²) in [5.41, 5.74) is 0. The number of hydrogen-bond donors (Lipinski definition) is 3. The number of likely N-dealkylation sites (tertiary alicyclic amines) is 1. The maximum absolute atomic E-state index is 11.8. The molecule has 3 N–H and O–H groups in total. The first kappa shape index (κ1) is 23.7. The molecule has 9 heteroatoms. The molecule has 0 saturated carbocycles. The molecule has 1 fully saturated rings. The first-order valence-electron chi connectivity index (χ1n) is 9.22. The van der Waals surface area contributed by atoms with E-state index in [9.17, 15) is 4.79 Å². The summed E-state index contributed by atoms with van der Waals surface area (Å²) >= 11 is 0. The number of carbonyl (C=O) groups is 1. The lowest BCUT2D eigenvalue weighted by Gasteiger charge is -2.33. The highest BCUT2D eigenvalue weighted by molar-refractivity contribution is 14.0. The van der Waals surface area contributed by atoms with Gasteiger partial charge in [0.25, 0.3) is 0 Å². The van der Waals surface area contributed by atoms with E-state index in [0.29, 0.717) is 25.7 Å². The van der Waals surface area contributed by atoms with Gasteiger partial charge in [-0.1, -0.05) is 6.42 Å². The number of aliphatic imine (C=N–C) groups is 1. The van der Waals surface area contributed by atoms with Crippen LogP contribution in [0.1, 0.15) is 31.1 Å². The van der Waals surface area contributed by atoms with Gasteiger partial charge in [0, 0.05) is 27.2 Å². The summed E-state index contributed by atoms with van der Waals surface area (Å²) in [4.78, 5) is 18.4. The molecule has 0 bridgehead atoms. The lowest BCUT2D eigenvalue weighted by Crippen LogP contribution is -2.47. The van der Waals surface area contributed by atoms with E-state index < -0.39 is 0 Å². The second-order valence-electron chi connectivity index (χ2n) is 6.28. The highest BCUT2D eigenvalue weighted by Gasteiger charge is 2.24. The fourth-order valence-corrected chi connectivity index (χ4v) is 3.05. The number of hydrogen-bond acceptors (Lipinski definition) is 5. The van der Waals surface area contributed by atoms with E-state index in [1.807, 2.05) is 12.1 Å². The van der Waals surface area contributed by atoms with Gasteiger partial charge in [0.1, 0.15) is 5.76 Å². The molecule has 154 valence electrons. The second-order valence-corrected chi connectivity index (χ2v) is 6.28. The van der Waals surface area contributed by atoms with Gasteiger partial charge in [-0.15, -0.1) is 24.0 Å². The molecule has 27 heavy (non-hydrogen) atoms. The topological polar surface area (TPSA) is 91.1 Å². The minimum atomic E-state index is -0.0939. The van der Waals surface area contributed by atoms with E-state index in [0.717, 1.165) is 18.8 Å². The third kappa shape index (κ3) is 8.48. The Morgan fingerprint density at radius 2 is 2.07 bits per heavy atom. The van der Waals surface area contributed by atoms with Crippen LogP contribution in [-0.2, 0) is 9.53 Å². The van der Waals surface area contributed by atoms with E-state index in [-0.39, 0.29) is 42.5 Å². The van der Waals surface area contributed by atoms with Gasteiger partial charge >= 0.3 is 0 Å². The minimum absolute atomic E-state index is 0. The standard InChI is InChI=1S/C18H31N5O3.HI/c1-19-18(22-14-17(24)20-8-12-25-2)21-13-15(16-7-6-11-26-16)23-9-4-3-5-10-23;/h6-7,11,15H,3-5,8-10,12-14H2,1-2H3,(H,20,24)(H2,19,21,22);1H. The fourth-order valence-electron chi connectivity index (χ4n) is 3.05. The molecular formula is C18H32IN5O3. The van der Waals surface area contributed by atoms with Crippen LogP contribution in [-0.4, -0.2) is 70.3 Å². The van der Waals surface area contributed by atoms with Gasteiger partial charge in [0.2, 0.25) is 5.91 Å². The van der Waals surface area contributed by atoms with Gasteiger partial charge in [-0.25, -0.2) is 0 Å². The molecule has 0 radical (unpaired) electrons. The van der Waals surface area contributed by atoms with Crippen LogP contribution in [0.25, 0.3) is 0 Å². The molecule has 1 aromatic rings. The van der Waals surface area contributed by atoms with Crippen molar-refractivity contribution < 1.29 is 13.9 Å². The number of nitrogens with zero attached hydrogens (tertiary/aromatic N) is 2. The van der Waals surface area contributed by atoms with Crippen LogP contribution in [0.4, 0.5) is 0 Å². The van der Waals surface area contributed by atoms with Gasteiger partial charge in [0.05, 0.1) is 25.5 Å². The molecule has 2 rings (SSSR count). The molecule has 1 unspecified atom stereocenters. The van der Waals surface area contributed by atoms with Crippen molar-refractivity contribution >= 4 is 35.8 Å². The Morgan fingerprint density at radius 1 is 1.30 bits per heavy atom. The Labute approximate surface area is 178 Å². The van der Waals surface area contributed by atoms with Crippen molar-refractivity contribution in [3.63, 3.8) is 0 Å². The molecule has 1 aliphatic rings. The summed E-state index contributed by atoms with van der Waals surface area (Å²) in [5, 5.41) is 9.12. The van der Waals surface area contributed by atoms with Gasteiger partial charge in [0.15, 0.2) is 5.96 Å². The van der Waals surface area contributed by atoms with Crippen molar-refractivity contribution in [2.24, 2.45) is 4.99 Å². The summed E-state index contributed by atoms with van der Waals surface area (Å²) in [6, 6.07) is 4.09. The smallest absolute Gasteiger partial charge is 0.239 e. The van der Waals surface area contributed by atoms with Gasteiger partial charge < -0.3 is 25.1 Å². The van der Waals surface area contributed by atoms with Crippen molar-refractivity contribution in [3.8, 4) is 0 Å². The van der Waals surface area contributed by atoms with Crippen LogP contribution in [0, 0.1) is 0 Å². The molecule has 0 spiro atoms. The number of ether oxygens (including phenoxy) is 1. The first-order chi connectivity index (χ1) is 12.7. The first-order valence-corrected chi connectivity index (χ1v) is 9.22. The highest BCUT2D eigenvalue weighted by Crippen LogP contribution is 2.24. The summed E-state index contributed by atoms with van der Waals surface area (Å²) in [7, 11) is 3.30. The Balaban J connectivity index is 0.00000364. The van der Waals surface area contributed by atoms with Gasteiger partial charge in [-0.05, 0) is 38.1 Å². The van der Waals surface area contributed by atoms with E-state index in [1.165, 1.54) is 19.3 Å². The fraction of sp³-hybridized carbons (Fsp3) is 0.667. The van der Waals surface area contributed by atoms with Gasteiger partial charge in [-0.3, -0.25) is 14.7 Å². The second kappa shape index (κ2) is 13.8. The Bertz CT molecular complexity index is 547. The summed E-state index contributed by atoms with van der Waals surface area (Å²) in [6.07, 6.45) is 5.43. The number of methoxy groups -OCH3 is 1. The lowest BCUT2D eigenvalue weighted by atomic mass is 10.1. The predicted octanol–water partition coefficient (Wildman–Crippen LogP) is 1.35. The van der Waals surface area contributed by atoms with Crippen molar-refractivity contribution in [3.05, 3.63) is 24.2 Å². The Hall–Kier alpha value is -1.33. The zero-order valence-electron chi connectivity index (χ0n) is 16.2. The van der Waals surface area contributed by atoms with Gasteiger partial charge in [-0.2, -0.15) is 0 Å². The van der Waals surface area contributed by atoms with Crippen LogP contribution in [0.3, 0.4) is 0 Å². The number of carbonyl (C=O) groups excluding carboxylic acids is 1. The number of nitrogens with one attached hydrogen (secondary N) is 3. The van der Waals surface area contributed by atoms with Crippen LogP contribution in [0.2, 0.25) is 0 Å². The van der Waals surface area contributed by atoms with Crippen LogP contribution < -0.4 is 16.0 Å². The maximum Gasteiger partial charge on any atom is 0.239 e. The number of amides is 1. The largest absolute Gasteiger partial charge is 0.468 e. The van der Waals surface area contributed by atoms with Crippen LogP contribution in [0.15, 0.2) is 27.8 Å². The molecule has 0 aromatic carbocycles. The minimum Gasteiger partial charge on any atom is -0.468 e. The van der Waals surface area contributed by atoms with Crippen molar-refractivity contribution in [2.75, 3.05) is 53.5 Å². The molecule has 1 aliphatic heterocycles. The average Bonchev–Trinajstić information content (AvgIpc) is 3.20. The van der Waals surface area contributed by atoms with Crippen molar-refractivity contribution in [1.82, 2.24) is 20.9 Å². The summed E-state index contributed by atoms with van der Waals surface area (Å²) in [5.74, 6) is 1.45. The number of piperidine rings is 1. The monoisotopic (exact) mass is 493 g/mol. The number of halogens is 1. The zero-order valence-corrected chi connectivity index (χ0v) is 18.5. The number of furan rings is 1.